The maximum absolute atomic E-state index is 12.6. The molecule has 2 unspecified atom stereocenters. The van der Waals surface area contributed by atoms with E-state index in [-0.39, 0.29) is 0 Å². The number of rotatable bonds is 6. The third-order valence-corrected chi connectivity index (χ3v) is 6.76. The first-order valence-electron chi connectivity index (χ1n) is 12.3. The van der Waals surface area contributed by atoms with Crippen LogP contribution in [0.25, 0.3) is 0 Å². The number of hydrogen-bond acceptors (Lipinski definition) is 3. The second kappa shape index (κ2) is 12.8. The van der Waals surface area contributed by atoms with E-state index in [4.69, 9.17) is 0 Å². The molecule has 32 heavy (non-hydrogen) atoms. The summed E-state index contributed by atoms with van der Waals surface area (Å²) in [6.45, 7) is 5.36. The van der Waals surface area contributed by atoms with E-state index in [1.54, 1.807) is 0 Å². The van der Waals surface area contributed by atoms with Gasteiger partial charge in [0, 0.05) is 25.7 Å². The van der Waals surface area contributed by atoms with Gasteiger partial charge in [-0.3, -0.25) is 4.79 Å². The lowest BCUT2D eigenvalue weighted by molar-refractivity contribution is -0.136. The average molecular weight is 436 g/mol. The standard InChI is InChI=1S/C19H28N2O.C9H13N/c1-15-7-2-3-9-17(15)13-20-14-19(22)21-12-6-10-16-8-4-5-11-18(16)21;1-10(2)8-9-6-4-3-5-7-9/h2-3,7,9,16,18,20H,4-6,8,10-14H2,1H3;3-7H,8H2,1-2H3. The van der Waals surface area contributed by atoms with E-state index in [1.807, 2.05) is 6.07 Å². The zero-order chi connectivity index (χ0) is 22.8. The molecule has 4 heteroatoms. The van der Waals surface area contributed by atoms with Crippen molar-refractivity contribution in [1.82, 2.24) is 15.1 Å². The Balaban J connectivity index is 0.000000243. The minimum Gasteiger partial charge on any atom is -0.338 e. The lowest BCUT2D eigenvalue weighted by Crippen LogP contribution is -2.51. The van der Waals surface area contributed by atoms with E-state index in [0.29, 0.717) is 18.5 Å². The Hall–Kier alpha value is -2.17. The predicted octanol–water partition coefficient (Wildman–Crippen LogP) is 5.01. The summed E-state index contributed by atoms with van der Waals surface area (Å²) in [5, 5.41) is 3.34. The monoisotopic (exact) mass is 435 g/mol. The second-order valence-electron chi connectivity index (χ2n) is 9.59. The molecule has 1 amide bonds. The van der Waals surface area contributed by atoms with Gasteiger partial charge in [-0.05, 0) is 69.3 Å². The van der Waals surface area contributed by atoms with Gasteiger partial charge in [0.15, 0.2) is 0 Å². The van der Waals surface area contributed by atoms with Gasteiger partial charge in [0.25, 0.3) is 0 Å². The Kier molecular flexibility index (Phi) is 9.76. The minimum absolute atomic E-state index is 0.296. The van der Waals surface area contributed by atoms with Gasteiger partial charge in [0.1, 0.15) is 0 Å². The van der Waals surface area contributed by atoms with E-state index in [0.717, 1.165) is 25.6 Å². The fourth-order valence-electron chi connectivity index (χ4n) is 5.10. The van der Waals surface area contributed by atoms with Crippen LogP contribution in [0, 0.1) is 12.8 Å². The second-order valence-corrected chi connectivity index (χ2v) is 9.59. The SMILES string of the molecule is CN(C)Cc1ccccc1.Cc1ccccc1CNCC(=O)N1CCCC2CCCCC21. The van der Waals surface area contributed by atoms with Crippen LogP contribution in [0.4, 0.5) is 0 Å². The molecular formula is C28H41N3O. The van der Waals surface area contributed by atoms with Crippen molar-refractivity contribution in [2.45, 2.75) is 64.6 Å². The molecule has 2 aliphatic rings. The van der Waals surface area contributed by atoms with Crippen LogP contribution in [-0.4, -0.2) is 48.9 Å². The number of carbonyl (C=O) groups is 1. The van der Waals surface area contributed by atoms with Crippen molar-refractivity contribution in [1.29, 1.82) is 0 Å². The van der Waals surface area contributed by atoms with Gasteiger partial charge < -0.3 is 15.1 Å². The quantitative estimate of drug-likeness (QED) is 0.692. The Morgan fingerprint density at radius 2 is 1.66 bits per heavy atom. The lowest BCUT2D eigenvalue weighted by atomic mass is 9.78. The number of nitrogens with one attached hydrogen (secondary N) is 1. The molecule has 0 radical (unpaired) electrons. The van der Waals surface area contributed by atoms with Crippen LogP contribution < -0.4 is 5.32 Å². The zero-order valence-electron chi connectivity index (χ0n) is 20.2. The number of aryl methyl sites for hydroxylation is 1. The van der Waals surface area contributed by atoms with Crippen molar-refractivity contribution >= 4 is 5.91 Å². The average Bonchev–Trinajstić information content (AvgIpc) is 2.80. The van der Waals surface area contributed by atoms with Gasteiger partial charge in [-0.2, -0.15) is 0 Å². The van der Waals surface area contributed by atoms with Crippen LogP contribution in [0.5, 0.6) is 0 Å². The highest BCUT2D eigenvalue weighted by Crippen LogP contribution is 2.35. The van der Waals surface area contributed by atoms with Crippen molar-refractivity contribution in [3.63, 3.8) is 0 Å². The first kappa shape index (κ1) is 24.5. The first-order valence-corrected chi connectivity index (χ1v) is 12.3. The summed E-state index contributed by atoms with van der Waals surface area (Å²) in [5.41, 5.74) is 3.93. The number of amides is 1. The molecule has 0 aromatic heterocycles. The van der Waals surface area contributed by atoms with Gasteiger partial charge in [-0.1, -0.05) is 67.4 Å². The molecule has 4 rings (SSSR count). The van der Waals surface area contributed by atoms with Crippen molar-refractivity contribution in [3.05, 3.63) is 71.3 Å². The number of likely N-dealkylation sites (tertiary alicyclic amines) is 1. The topological polar surface area (TPSA) is 35.6 Å². The Labute approximate surface area is 195 Å². The molecule has 4 nitrogen and oxygen atoms in total. The number of piperidine rings is 1. The summed E-state index contributed by atoms with van der Waals surface area (Å²) < 4.78 is 0. The Bertz CT molecular complexity index is 818. The van der Waals surface area contributed by atoms with Crippen molar-refractivity contribution in [3.8, 4) is 0 Å². The number of nitrogens with zero attached hydrogens (tertiary/aromatic N) is 2. The molecule has 2 aromatic rings. The lowest BCUT2D eigenvalue weighted by Gasteiger charge is -2.44. The summed E-state index contributed by atoms with van der Waals surface area (Å²) in [6, 6.07) is 19.3. The summed E-state index contributed by atoms with van der Waals surface area (Å²) in [4.78, 5) is 16.9. The van der Waals surface area contributed by atoms with Crippen LogP contribution in [-0.2, 0) is 17.9 Å². The normalized spacial score (nSPS) is 20.3. The van der Waals surface area contributed by atoms with Crippen LogP contribution in [0.1, 0.15) is 55.2 Å². The molecule has 1 aliphatic heterocycles. The van der Waals surface area contributed by atoms with Gasteiger partial charge in [-0.15, -0.1) is 0 Å². The summed E-state index contributed by atoms with van der Waals surface area (Å²) in [7, 11) is 4.15. The smallest absolute Gasteiger partial charge is 0.236 e. The van der Waals surface area contributed by atoms with Gasteiger partial charge >= 0.3 is 0 Å². The van der Waals surface area contributed by atoms with Crippen LogP contribution >= 0.6 is 0 Å². The fraction of sp³-hybridized carbons (Fsp3) is 0.536. The van der Waals surface area contributed by atoms with E-state index >= 15 is 0 Å². The highest BCUT2D eigenvalue weighted by Gasteiger charge is 2.35. The maximum Gasteiger partial charge on any atom is 0.236 e. The molecule has 1 heterocycles. The third kappa shape index (κ3) is 7.46. The zero-order valence-corrected chi connectivity index (χ0v) is 20.2. The predicted molar refractivity (Wildman–Crippen MR) is 133 cm³/mol. The van der Waals surface area contributed by atoms with Crippen LogP contribution in [0.15, 0.2) is 54.6 Å². The molecule has 2 fully saturated rings. The molecule has 1 aliphatic carbocycles. The van der Waals surface area contributed by atoms with Crippen molar-refractivity contribution in [2.24, 2.45) is 5.92 Å². The summed E-state index contributed by atoms with van der Waals surface area (Å²) in [6.07, 6.45) is 7.70. The molecule has 0 spiro atoms. The first-order chi connectivity index (χ1) is 15.5. The van der Waals surface area contributed by atoms with E-state index in [1.165, 1.54) is 55.2 Å². The molecule has 1 saturated carbocycles. The molecule has 1 N–H and O–H groups in total. The number of benzene rings is 2. The highest BCUT2D eigenvalue weighted by molar-refractivity contribution is 5.78. The van der Waals surface area contributed by atoms with Gasteiger partial charge in [0.05, 0.1) is 6.54 Å². The third-order valence-electron chi connectivity index (χ3n) is 6.76. The number of fused-ring (bicyclic) bond motifs is 1. The van der Waals surface area contributed by atoms with Crippen LogP contribution in [0.3, 0.4) is 0 Å². The largest absolute Gasteiger partial charge is 0.338 e. The van der Waals surface area contributed by atoms with E-state index in [2.05, 4.69) is 84.7 Å². The van der Waals surface area contributed by atoms with E-state index < -0.39 is 0 Å². The van der Waals surface area contributed by atoms with Gasteiger partial charge in [-0.25, -0.2) is 0 Å². The van der Waals surface area contributed by atoms with Crippen molar-refractivity contribution < 1.29 is 4.79 Å². The molecule has 2 aromatic carbocycles. The Morgan fingerprint density at radius 3 is 2.41 bits per heavy atom. The fourth-order valence-corrected chi connectivity index (χ4v) is 5.10. The molecule has 2 atom stereocenters. The Morgan fingerprint density at radius 1 is 0.969 bits per heavy atom. The molecule has 174 valence electrons. The summed E-state index contributed by atoms with van der Waals surface area (Å²) in [5.74, 6) is 1.06. The van der Waals surface area contributed by atoms with E-state index in [9.17, 15) is 4.79 Å². The van der Waals surface area contributed by atoms with Gasteiger partial charge in [0.2, 0.25) is 5.91 Å². The number of hydrogen-bond donors (Lipinski definition) is 1. The minimum atomic E-state index is 0.296. The summed E-state index contributed by atoms with van der Waals surface area (Å²) >= 11 is 0. The highest BCUT2D eigenvalue weighted by atomic mass is 16.2. The molecule has 1 saturated heterocycles. The molecule has 0 bridgehead atoms. The molecular weight excluding hydrogens is 394 g/mol. The van der Waals surface area contributed by atoms with Crippen molar-refractivity contribution in [2.75, 3.05) is 27.2 Å². The maximum atomic E-state index is 12.6. The van der Waals surface area contributed by atoms with Crippen LogP contribution in [0.2, 0.25) is 0 Å². The number of carbonyl (C=O) groups excluding carboxylic acids is 1.